The Morgan fingerprint density at radius 1 is 1.47 bits per heavy atom. The Bertz CT molecular complexity index is 414. The molecule has 0 bridgehead atoms. The Balaban J connectivity index is 1.81. The highest BCUT2D eigenvalue weighted by atomic mass is 16.3. The monoisotopic (exact) mass is 234 g/mol. The standard InChI is InChI=1S/C13H18N2O2/c1-10-3-2-4-11(7-10)15-12(17)14-8-13(9-16)5-6-13/h2-4,7,16H,5-6,8-9H2,1H3,(H2,14,15,17). The van der Waals surface area contributed by atoms with Crippen molar-refractivity contribution < 1.29 is 9.90 Å². The quantitative estimate of drug-likeness (QED) is 0.745. The third-order valence-electron chi connectivity index (χ3n) is 3.19. The van der Waals surface area contributed by atoms with Gasteiger partial charge in [-0.05, 0) is 37.5 Å². The molecule has 1 saturated carbocycles. The molecule has 17 heavy (non-hydrogen) atoms. The summed E-state index contributed by atoms with van der Waals surface area (Å²) in [4.78, 5) is 11.6. The molecule has 0 spiro atoms. The van der Waals surface area contributed by atoms with Crippen LogP contribution in [0.5, 0.6) is 0 Å². The Kier molecular flexibility index (Phi) is 3.33. The van der Waals surface area contributed by atoms with Gasteiger partial charge in [0.15, 0.2) is 0 Å². The zero-order chi connectivity index (χ0) is 12.3. The van der Waals surface area contributed by atoms with Gasteiger partial charge in [-0.3, -0.25) is 0 Å². The van der Waals surface area contributed by atoms with Crippen LogP contribution in [0.2, 0.25) is 0 Å². The molecule has 1 aromatic rings. The summed E-state index contributed by atoms with van der Waals surface area (Å²) in [6.45, 7) is 2.67. The van der Waals surface area contributed by atoms with Gasteiger partial charge < -0.3 is 15.7 Å². The lowest BCUT2D eigenvalue weighted by molar-refractivity contribution is 0.206. The minimum Gasteiger partial charge on any atom is -0.396 e. The van der Waals surface area contributed by atoms with Gasteiger partial charge in [0.25, 0.3) is 0 Å². The first kappa shape index (κ1) is 11.9. The Labute approximate surface area is 101 Å². The second-order valence-corrected chi connectivity index (χ2v) is 4.84. The van der Waals surface area contributed by atoms with Gasteiger partial charge in [-0.1, -0.05) is 12.1 Å². The summed E-state index contributed by atoms with van der Waals surface area (Å²) < 4.78 is 0. The summed E-state index contributed by atoms with van der Waals surface area (Å²) in [5.74, 6) is 0. The number of hydrogen-bond acceptors (Lipinski definition) is 2. The van der Waals surface area contributed by atoms with E-state index in [-0.39, 0.29) is 18.1 Å². The van der Waals surface area contributed by atoms with E-state index in [0.29, 0.717) is 6.54 Å². The van der Waals surface area contributed by atoms with Crippen molar-refractivity contribution in [2.24, 2.45) is 5.41 Å². The number of hydrogen-bond donors (Lipinski definition) is 3. The van der Waals surface area contributed by atoms with Gasteiger partial charge in [0.05, 0.1) is 6.61 Å². The Hall–Kier alpha value is -1.55. The van der Waals surface area contributed by atoms with Crippen LogP contribution >= 0.6 is 0 Å². The van der Waals surface area contributed by atoms with E-state index < -0.39 is 0 Å². The lowest BCUT2D eigenvalue weighted by Crippen LogP contribution is -2.35. The van der Waals surface area contributed by atoms with E-state index in [4.69, 9.17) is 5.11 Å². The number of aryl methyl sites for hydroxylation is 1. The zero-order valence-electron chi connectivity index (χ0n) is 9.99. The van der Waals surface area contributed by atoms with Crippen molar-refractivity contribution in [2.45, 2.75) is 19.8 Å². The largest absolute Gasteiger partial charge is 0.396 e. The van der Waals surface area contributed by atoms with Gasteiger partial charge in [-0.2, -0.15) is 0 Å². The molecular weight excluding hydrogens is 216 g/mol. The van der Waals surface area contributed by atoms with Crippen molar-refractivity contribution in [1.82, 2.24) is 5.32 Å². The maximum absolute atomic E-state index is 11.6. The molecule has 1 fully saturated rings. The van der Waals surface area contributed by atoms with Crippen LogP contribution in [0, 0.1) is 12.3 Å². The molecule has 2 amide bonds. The fourth-order valence-corrected chi connectivity index (χ4v) is 1.73. The highest BCUT2D eigenvalue weighted by Gasteiger charge is 2.42. The van der Waals surface area contributed by atoms with Gasteiger partial charge >= 0.3 is 6.03 Å². The number of carbonyl (C=O) groups is 1. The van der Waals surface area contributed by atoms with E-state index in [1.807, 2.05) is 31.2 Å². The summed E-state index contributed by atoms with van der Waals surface area (Å²) in [5, 5.41) is 14.7. The Morgan fingerprint density at radius 3 is 2.82 bits per heavy atom. The summed E-state index contributed by atoms with van der Waals surface area (Å²) >= 11 is 0. The van der Waals surface area contributed by atoms with Crippen molar-refractivity contribution in [1.29, 1.82) is 0 Å². The van der Waals surface area contributed by atoms with E-state index in [1.54, 1.807) is 0 Å². The predicted octanol–water partition coefficient (Wildman–Crippen LogP) is 1.89. The van der Waals surface area contributed by atoms with E-state index >= 15 is 0 Å². The fourth-order valence-electron chi connectivity index (χ4n) is 1.73. The maximum Gasteiger partial charge on any atom is 0.319 e. The SMILES string of the molecule is Cc1cccc(NC(=O)NCC2(CO)CC2)c1. The van der Waals surface area contributed by atoms with Gasteiger partial charge in [0.1, 0.15) is 0 Å². The lowest BCUT2D eigenvalue weighted by Gasteiger charge is -2.13. The first-order valence-corrected chi connectivity index (χ1v) is 5.86. The van der Waals surface area contributed by atoms with Gasteiger partial charge in [-0.25, -0.2) is 4.79 Å². The molecule has 0 radical (unpaired) electrons. The van der Waals surface area contributed by atoms with Crippen LogP contribution in [0.4, 0.5) is 10.5 Å². The van der Waals surface area contributed by atoms with Crippen molar-refractivity contribution in [2.75, 3.05) is 18.5 Å². The number of urea groups is 1. The Morgan fingerprint density at radius 2 is 2.24 bits per heavy atom. The zero-order valence-corrected chi connectivity index (χ0v) is 9.99. The highest BCUT2D eigenvalue weighted by molar-refractivity contribution is 5.89. The fraction of sp³-hybridized carbons (Fsp3) is 0.462. The third-order valence-corrected chi connectivity index (χ3v) is 3.19. The van der Waals surface area contributed by atoms with Gasteiger partial charge in [0.2, 0.25) is 0 Å². The van der Waals surface area contributed by atoms with Crippen molar-refractivity contribution in [3.05, 3.63) is 29.8 Å². The van der Waals surface area contributed by atoms with Crippen LogP contribution in [0.15, 0.2) is 24.3 Å². The number of nitrogens with one attached hydrogen (secondary N) is 2. The average molecular weight is 234 g/mol. The van der Waals surface area contributed by atoms with Crippen LogP contribution in [-0.4, -0.2) is 24.3 Å². The molecule has 4 heteroatoms. The number of rotatable bonds is 4. The molecule has 4 nitrogen and oxygen atoms in total. The van der Waals surface area contributed by atoms with Crippen LogP contribution < -0.4 is 10.6 Å². The number of amides is 2. The van der Waals surface area contributed by atoms with Crippen LogP contribution in [-0.2, 0) is 0 Å². The first-order chi connectivity index (χ1) is 8.13. The molecule has 1 aromatic carbocycles. The van der Waals surface area contributed by atoms with Crippen LogP contribution in [0.1, 0.15) is 18.4 Å². The summed E-state index contributed by atoms with van der Waals surface area (Å²) in [7, 11) is 0. The second-order valence-electron chi connectivity index (χ2n) is 4.84. The van der Waals surface area contributed by atoms with Gasteiger partial charge in [0, 0.05) is 17.6 Å². The van der Waals surface area contributed by atoms with Crippen molar-refractivity contribution >= 4 is 11.7 Å². The molecule has 0 unspecified atom stereocenters. The molecule has 0 aromatic heterocycles. The molecule has 92 valence electrons. The summed E-state index contributed by atoms with van der Waals surface area (Å²) in [6.07, 6.45) is 1.99. The molecule has 1 aliphatic carbocycles. The summed E-state index contributed by atoms with van der Waals surface area (Å²) in [6, 6.07) is 7.44. The van der Waals surface area contributed by atoms with E-state index in [2.05, 4.69) is 10.6 Å². The third kappa shape index (κ3) is 3.20. The number of carbonyl (C=O) groups excluding carboxylic acids is 1. The molecule has 0 heterocycles. The minimum absolute atomic E-state index is 0.0516. The number of aliphatic hydroxyl groups excluding tert-OH is 1. The van der Waals surface area contributed by atoms with Gasteiger partial charge in [-0.15, -0.1) is 0 Å². The average Bonchev–Trinajstić information content (AvgIpc) is 3.07. The predicted molar refractivity (Wildman–Crippen MR) is 67.0 cm³/mol. The molecule has 1 aliphatic rings. The minimum atomic E-state index is -0.213. The van der Waals surface area contributed by atoms with Crippen LogP contribution in [0.3, 0.4) is 0 Å². The molecule has 0 aliphatic heterocycles. The molecule has 3 N–H and O–H groups in total. The highest BCUT2D eigenvalue weighted by Crippen LogP contribution is 2.44. The van der Waals surface area contributed by atoms with Crippen LogP contribution in [0.25, 0.3) is 0 Å². The molecule has 2 rings (SSSR count). The molecule has 0 atom stereocenters. The first-order valence-electron chi connectivity index (χ1n) is 5.86. The van der Waals surface area contributed by atoms with E-state index in [9.17, 15) is 4.79 Å². The second kappa shape index (κ2) is 4.75. The molecular formula is C13H18N2O2. The normalized spacial score (nSPS) is 16.4. The van der Waals surface area contributed by atoms with E-state index in [0.717, 1.165) is 24.1 Å². The number of anilines is 1. The van der Waals surface area contributed by atoms with Crippen molar-refractivity contribution in [3.63, 3.8) is 0 Å². The smallest absolute Gasteiger partial charge is 0.319 e. The molecule has 0 saturated heterocycles. The topological polar surface area (TPSA) is 61.4 Å². The number of aliphatic hydroxyl groups is 1. The lowest BCUT2D eigenvalue weighted by atomic mass is 10.1. The summed E-state index contributed by atoms with van der Waals surface area (Å²) in [5.41, 5.74) is 1.84. The van der Waals surface area contributed by atoms with E-state index in [1.165, 1.54) is 0 Å². The maximum atomic E-state index is 11.6. The number of benzene rings is 1. The van der Waals surface area contributed by atoms with Crippen molar-refractivity contribution in [3.8, 4) is 0 Å².